The Balaban J connectivity index is 1.33. The molecule has 3 aliphatic heterocycles. The molecule has 1 atom stereocenters. The van der Waals surface area contributed by atoms with Crippen molar-refractivity contribution in [2.75, 3.05) is 26.2 Å². The second kappa shape index (κ2) is 10.1. The SMILES string of the molecule is O=NC1(c2ccc(F)cc2)CCN(CC/C=C2\C3=CC=CNC3COc3ccc(C(=O)O)cc32)CC1. The van der Waals surface area contributed by atoms with Crippen LogP contribution in [0.3, 0.4) is 0 Å². The number of nitrogens with zero attached hydrogens (tertiary/aromatic N) is 2. The van der Waals surface area contributed by atoms with E-state index in [9.17, 15) is 19.2 Å². The Morgan fingerprint density at radius 3 is 2.72 bits per heavy atom. The van der Waals surface area contributed by atoms with Gasteiger partial charge in [0.1, 0.15) is 23.7 Å². The number of fused-ring (bicyclic) bond motifs is 2. The fraction of sp³-hybridized carbons (Fsp3) is 0.321. The Labute approximate surface area is 208 Å². The number of carbonyl (C=O) groups is 1. The molecule has 0 amide bonds. The third-order valence-corrected chi connectivity index (χ3v) is 7.31. The standard InChI is InChI=1S/C28H28FN3O4/c29-21-8-6-20(7-9-21)28(31-35)11-15-32(16-12-28)14-2-4-22-23-3-1-13-30-25(23)18-36-26-10-5-19(27(33)34)17-24(22)26/h1,3-10,13,17,25,30H,2,11-12,14-16,18H2,(H,33,34)/b22-4+. The number of nitrogens with one attached hydrogen (secondary N) is 1. The smallest absolute Gasteiger partial charge is 0.335 e. The summed E-state index contributed by atoms with van der Waals surface area (Å²) in [7, 11) is 0. The second-order valence-corrected chi connectivity index (χ2v) is 9.41. The largest absolute Gasteiger partial charge is 0.490 e. The monoisotopic (exact) mass is 489 g/mol. The predicted molar refractivity (Wildman–Crippen MR) is 135 cm³/mol. The van der Waals surface area contributed by atoms with Gasteiger partial charge in [-0.15, -0.1) is 4.91 Å². The zero-order valence-electron chi connectivity index (χ0n) is 19.8. The van der Waals surface area contributed by atoms with E-state index in [2.05, 4.69) is 21.5 Å². The van der Waals surface area contributed by atoms with Crippen LogP contribution in [0.2, 0.25) is 0 Å². The predicted octanol–water partition coefficient (Wildman–Crippen LogP) is 4.86. The van der Waals surface area contributed by atoms with Crippen molar-refractivity contribution in [3.8, 4) is 5.75 Å². The van der Waals surface area contributed by atoms with Crippen LogP contribution in [0.15, 0.2) is 77.6 Å². The van der Waals surface area contributed by atoms with E-state index >= 15 is 0 Å². The number of likely N-dealkylation sites (tertiary alicyclic amines) is 1. The molecule has 7 nitrogen and oxygen atoms in total. The van der Waals surface area contributed by atoms with Crippen LogP contribution in [-0.2, 0) is 5.54 Å². The first-order valence-electron chi connectivity index (χ1n) is 12.2. The number of halogens is 1. The van der Waals surface area contributed by atoms with Crippen molar-refractivity contribution in [3.05, 3.63) is 99.9 Å². The van der Waals surface area contributed by atoms with Crippen molar-refractivity contribution >= 4 is 11.5 Å². The number of nitroso groups, excluding NO2 is 1. The molecule has 8 heteroatoms. The molecule has 1 fully saturated rings. The van der Waals surface area contributed by atoms with Gasteiger partial charge in [-0.05, 0) is 78.6 Å². The molecular weight excluding hydrogens is 461 g/mol. The molecule has 0 saturated carbocycles. The molecule has 0 aliphatic carbocycles. The van der Waals surface area contributed by atoms with Crippen molar-refractivity contribution in [1.82, 2.24) is 10.2 Å². The Morgan fingerprint density at radius 1 is 1.22 bits per heavy atom. The maximum Gasteiger partial charge on any atom is 0.335 e. The molecule has 3 heterocycles. The van der Waals surface area contributed by atoms with Gasteiger partial charge in [-0.1, -0.05) is 29.5 Å². The summed E-state index contributed by atoms with van der Waals surface area (Å²) >= 11 is 0. The minimum Gasteiger partial charge on any atom is -0.490 e. The average Bonchev–Trinajstić information content (AvgIpc) is 3.06. The van der Waals surface area contributed by atoms with Crippen molar-refractivity contribution < 1.29 is 19.0 Å². The number of ether oxygens (including phenoxy) is 1. The number of hydrogen-bond acceptors (Lipinski definition) is 6. The number of rotatable bonds is 6. The van der Waals surface area contributed by atoms with E-state index < -0.39 is 11.5 Å². The molecule has 2 aromatic rings. The minimum absolute atomic E-state index is 0.0214. The first-order chi connectivity index (χ1) is 17.5. The van der Waals surface area contributed by atoms with Gasteiger partial charge < -0.3 is 20.1 Å². The lowest BCUT2D eigenvalue weighted by atomic mass is 9.81. The van der Waals surface area contributed by atoms with Crippen LogP contribution in [0, 0.1) is 10.7 Å². The van der Waals surface area contributed by atoms with E-state index in [0.717, 1.165) is 35.2 Å². The van der Waals surface area contributed by atoms with Crippen LogP contribution >= 0.6 is 0 Å². The maximum absolute atomic E-state index is 13.4. The van der Waals surface area contributed by atoms with Gasteiger partial charge in [0.05, 0.1) is 11.6 Å². The lowest BCUT2D eigenvalue weighted by Gasteiger charge is -2.37. The summed E-state index contributed by atoms with van der Waals surface area (Å²) in [5.41, 5.74) is 2.99. The summed E-state index contributed by atoms with van der Waals surface area (Å²) in [6.45, 7) is 2.66. The minimum atomic E-state index is -0.977. The van der Waals surface area contributed by atoms with Gasteiger partial charge in [-0.25, -0.2) is 9.18 Å². The summed E-state index contributed by atoms with van der Waals surface area (Å²) in [6, 6.07) is 11.0. The number of allylic oxidation sites excluding steroid dienone is 2. The van der Waals surface area contributed by atoms with Gasteiger partial charge in [0.25, 0.3) is 0 Å². The van der Waals surface area contributed by atoms with Crippen LogP contribution in [0.1, 0.15) is 40.7 Å². The molecule has 0 bridgehead atoms. The molecule has 5 rings (SSSR count). The second-order valence-electron chi connectivity index (χ2n) is 9.41. The molecule has 2 N–H and O–H groups in total. The summed E-state index contributed by atoms with van der Waals surface area (Å²) in [4.78, 5) is 25.7. The Bertz CT molecular complexity index is 1240. The van der Waals surface area contributed by atoms with Gasteiger partial charge in [0, 0.05) is 25.2 Å². The van der Waals surface area contributed by atoms with Crippen molar-refractivity contribution in [3.63, 3.8) is 0 Å². The summed E-state index contributed by atoms with van der Waals surface area (Å²) < 4.78 is 19.4. The van der Waals surface area contributed by atoms with Crippen LogP contribution < -0.4 is 10.1 Å². The van der Waals surface area contributed by atoms with E-state index in [1.165, 1.54) is 12.1 Å². The topological polar surface area (TPSA) is 91.2 Å². The highest BCUT2D eigenvalue weighted by molar-refractivity contribution is 5.92. The van der Waals surface area contributed by atoms with Gasteiger partial charge in [0.15, 0.2) is 0 Å². The zero-order chi connectivity index (χ0) is 25.1. The highest BCUT2D eigenvalue weighted by Crippen LogP contribution is 2.39. The normalized spacial score (nSPS) is 21.9. The van der Waals surface area contributed by atoms with Crippen LogP contribution in [0.4, 0.5) is 4.39 Å². The van der Waals surface area contributed by atoms with Gasteiger partial charge in [-0.3, -0.25) is 0 Å². The average molecular weight is 490 g/mol. The van der Waals surface area contributed by atoms with Crippen molar-refractivity contribution in [1.29, 1.82) is 0 Å². The number of aromatic carboxylic acids is 1. The van der Waals surface area contributed by atoms with E-state index in [1.807, 2.05) is 18.4 Å². The zero-order valence-corrected chi connectivity index (χ0v) is 19.8. The molecule has 186 valence electrons. The quantitative estimate of drug-likeness (QED) is 0.563. The first-order valence-corrected chi connectivity index (χ1v) is 12.2. The van der Waals surface area contributed by atoms with Gasteiger partial charge >= 0.3 is 5.97 Å². The number of piperidine rings is 1. The summed E-state index contributed by atoms with van der Waals surface area (Å²) in [5, 5.41) is 16.3. The van der Waals surface area contributed by atoms with E-state index in [0.29, 0.717) is 38.3 Å². The van der Waals surface area contributed by atoms with E-state index in [1.54, 1.807) is 30.3 Å². The molecule has 2 aromatic carbocycles. The number of carboxylic acids is 1. The molecule has 1 unspecified atom stereocenters. The third kappa shape index (κ3) is 4.68. The number of dihydropyridines is 1. The number of hydrogen-bond donors (Lipinski definition) is 2. The molecule has 0 radical (unpaired) electrons. The molecule has 0 spiro atoms. The van der Waals surface area contributed by atoms with Crippen LogP contribution in [0.5, 0.6) is 5.75 Å². The summed E-state index contributed by atoms with van der Waals surface area (Å²) in [5.74, 6) is -0.634. The van der Waals surface area contributed by atoms with E-state index in [4.69, 9.17) is 4.74 Å². The maximum atomic E-state index is 13.4. The first kappa shape index (κ1) is 23.9. The molecular formula is C28H28FN3O4. The fourth-order valence-corrected chi connectivity index (χ4v) is 5.23. The van der Waals surface area contributed by atoms with Gasteiger partial charge in [-0.2, -0.15) is 0 Å². The lowest BCUT2D eigenvalue weighted by molar-refractivity contribution is 0.0697. The number of benzene rings is 2. The molecule has 0 aromatic heterocycles. The lowest BCUT2D eigenvalue weighted by Crippen LogP contribution is -2.41. The van der Waals surface area contributed by atoms with Crippen molar-refractivity contribution in [2.45, 2.75) is 30.8 Å². The Morgan fingerprint density at radius 2 is 2.00 bits per heavy atom. The molecule has 36 heavy (non-hydrogen) atoms. The third-order valence-electron chi connectivity index (χ3n) is 7.31. The molecule has 3 aliphatic rings. The van der Waals surface area contributed by atoms with Crippen LogP contribution in [0.25, 0.3) is 5.57 Å². The van der Waals surface area contributed by atoms with E-state index in [-0.39, 0.29) is 17.4 Å². The highest BCUT2D eigenvalue weighted by atomic mass is 19.1. The van der Waals surface area contributed by atoms with Gasteiger partial charge in [0.2, 0.25) is 0 Å². The Kier molecular flexibility index (Phi) is 6.69. The fourth-order valence-electron chi connectivity index (χ4n) is 5.23. The molecule has 1 saturated heterocycles. The highest BCUT2D eigenvalue weighted by Gasteiger charge is 2.37. The van der Waals surface area contributed by atoms with Crippen molar-refractivity contribution in [2.24, 2.45) is 5.18 Å². The summed E-state index contributed by atoms with van der Waals surface area (Å²) in [6.07, 6.45) is 9.94. The number of carboxylic acid groups (broad SMARTS) is 1. The Hall–Kier alpha value is -3.78. The van der Waals surface area contributed by atoms with Crippen LogP contribution in [-0.4, -0.2) is 48.3 Å².